The summed E-state index contributed by atoms with van der Waals surface area (Å²) in [5.41, 5.74) is -11.2. The van der Waals surface area contributed by atoms with Crippen molar-refractivity contribution in [1.82, 2.24) is 9.88 Å². The smallest absolute Gasteiger partial charge is 0.421 e. The Hall–Kier alpha value is -2.66. The number of benzene rings is 1. The van der Waals surface area contributed by atoms with Gasteiger partial charge in [0.2, 0.25) is 6.33 Å². The maximum Gasteiger partial charge on any atom is 0.480 e. The summed E-state index contributed by atoms with van der Waals surface area (Å²) in [4.78, 5) is 12.5. The molecule has 2 rings (SSSR count). The number of imidazole rings is 1. The molecule has 1 atom stereocenters. The molecule has 1 N–H and O–H groups in total. The predicted molar refractivity (Wildman–Crippen MR) is 116 cm³/mol. The van der Waals surface area contributed by atoms with Crippen LogP contribution >= 0.6 is 0 Å². The fraction of sp³-hybridized carbons (Fsp3) is 0.474. The van der Waals surface area contributed by atoms with E-state index in [-0.39, 0.29) is 11.9 Å². The van der Waals surface area contributed by atoms with Gasteiger partial charge in [-0.25, -0.2) is 26.0 Å². The van der Waals surface area contributed by atoms with Gasteiger partial charge in [0.05, 0.1) is 7.05 Å². The van der Waals surface area contributed by atoms with E-state index < -0.39 is 31.1 Å². The van der Waals surface area contributed by atoms with Crippen LogP contribution in [0.25, 0.3) is 4.13 Å². The van der Waals surface area contributed by atoms with Gasteiger partial charge in [0, 0.05) is 13.0 Å². The average molecular weight is 567 g/mol. The Morgan fingerprint density at radius 2 is 1.56 bits per heavy atom. The summed E-state index contributed by atoms with van der Waals surface area (Å²) in [6.07, 6.45) is 8.66. The molecule has 0 unspecified atom stereocenters. The molecule has 0 aliphatic rings. The predicted octanol–water partition coefficient (Wildman–Crippen LogP) is 3.07. The molecular formula is C19H24F6N4O5S2. The summed E-state index contributed by atoms with van der Waals surface area (Å²) in [5, 5.41) is 3.04. The van der Waals surface area contributed by atoms with Crippen LogP contribution < -0.4 is 9.88 Å². The molecule has 9 nitrogen and oxygen atoms in total. The number of alkyl halides is 6. The van der Waals surface area contributed by atoms with Crippen molar-refractivity contribution in [3.8, 4) is 0 Å². The fourth-order valence-electron chi connectivity index (χ4n) is 2.54. The first kappa shape index (κ1) is 31.4. The van der Waals surface area contributed by atoms with Crippen LogP contribution in [0, 0.1) is 0 Å². The SMILES string of the molecule is CCCCNC(=O)[C@H](Cc1ccccc1)n1cc[n+](C)c1.O=S(=O)([N-]S(=O)(=O)C(F)(F)F)C(F)(F)F. The van der Waals surface area contributed by atoms with E-state index in [1.807, 2.05) is 53.1 Å². The third-order valence-electron chi connectivity index (χ3n) is 4.33. The molecule has 0 saturated heterocycles. The number of carbonyl (C=O) groups excluding carboxylic acids is 1. The van der Waals surface area contributed by atoms with E-state index in [4.69, 9.17) is 0 Å². The third kappa shape index (κ3) is 9.42. The van der Waals surface area contributed by atoms with Crippen molar-refractivity contribution in [2.24, 2.45) is 7.05 Å². The molecule has 0 aliphatic carbocycles. The summed E-state index contributed by atoms with van der Waals surface area (Å²) in [6, 6.07) is 9.94. The zero-order valence-corrected chi connectivity index (χ0v) is 20.6. The van der Waals surface area contributed by atoms with Crippen molar-refractivity contribution in [2.45, 2.75) is 43.2 Å². The quantitative estimate of drug-likeness (QED) is 0.284. The van der Waals surface area contributed by atoms with E-state index in [2.05, 4.69) is 24.4 Å². The van der Waals surface area contributed by atoms with E-state index >= 15 is 0 Å². The van der Waals surface area contributed by atoms with Gasteiger partial charge in [-0.1, -0.05) is 43.7 Å². The number of halogens is 6. The molecule has 0 bridgehead atoms. The first-order valence-corrected chi connectivity index (χ1v) is 13.0. The maximum atomic E-state index is 12.5. The van der Waals surface area contributed by atoms with Crippen LogP contribution in [-0.4, -0.2) is 44.9 Å². The molecular weight excluding hydrogens is 542 g/mol. The Morgan fingerprint density at radius 3 is 1.97 bits per heavy atom. The number of aromatic nitrogens is 2. The lowest BCUT2D eigenvalue weighted by Crippen LogP contribution is -2.35. The lowest BCUT2D eigenvalue weighted by molar-refractivity contribution is -0.671. The number of nitrogens with one attached hydrogen (secondary N) is 1. The van der Waals surface area contributed by atoms with E-state index in [0.717, 1.165) is 23.5 Å². The Morgan fingerprint density at radius 1 is 1.03 bits per heavy atom. The van der Waals surface area contributed by atoms with E-state index in [1.165, 1.54) is 5.56 Å². The number of sulfonamides is 2. The number of aryl methyl sites for hydroxylation is 1. The highest BCUT2D eigenvalue weighted by molar-refractivity contribution is 8.13. The zero-order valence-electron chi connectivity index (χ0n) is 19.0. The Labute approximate surface area is 204 Å². The van der Waals surface area contributed by atoms with E-state index in [9.17, 15) is 48.0 Å². The van der Waals surface area contributed by atoms with Gasteiger partial charge in [-0.15, -0.1) is 0 Å². The summed E-state index contributed by atoms with van der Waals surface area (Å²) < 4.78 is 113. The van der Waals surface area contributed by atoms with Crippen LogP contribution in [-0.2, 0) is 38.3 Å². The van der Waals surface area contributed by atoms with Crippen LogP contribution in [0.15, 0.2) is 49.1 Å². The third-order valence-corrected chi connectivity index (χ3v) is 7.07. The maximum absolute atomic E-state index is 12.5. The molecule has 36 heavy (non-hydrogen) atoms. The highest BCUT2D eigenvalue weighted by Crippen LogP contribution is 2.36. The van der Waals surface area contributed by atoms with Crippen LogP contribution in [0.5, 0.6) is 0 Å². The van der Waals surface area contributed by atoms with Gasteiger partial charge < -0.3 is 9.44 Å². The number of nitrogens with zero attached hydrogens (tertiary/aromatic N) is 3. The Bertz CT molecular complexity index is 1150. The number of hydrogen-bond donors (Lipinski definition) is 1. The Balaban J connectivity index is 0.000000384. The second-order valence-electron chi connectivity index (χ2n) is 7.29. The molecule has 0 fully saturated rings. The van der Waals surface area contributed by atoms with Crippen molar-refractivity contribution in [1.29, 1.82) is 0 Å². The van der Waals surface area contributed by atoms with Gasteiger partial charge in [-0.2, -0.15) is 26.3 Å². The zero-order chi connectivity index (χ0) is 27.8. The molecule has 1 amide bonds. The molecule has 17 heteroatoms. The van der Waals surface area contributed by atoms with Gasteiger partial charge >= 0.3 is 11.0 Å². The molecule has 2 aromatic rings. The summed E-state index contributed by atoms with van der Waals surface area (Å²) in [7, 11) is -11.5. The molecule has 0 aliphatic heterocycles. The van der Waals surface area contributed by atoms with Gasteiger partial charge in [-0.3, -0.25) is 4.79 Å². The van der Waals surface area contributed by atoms with E-state index in [0.29, 0.717) is 6.42 Å². The van der Waals surface area contributed by atoms with Gasteiger partial charge in [0.1, 0.15) is 12.4 Å². The normalized spacial score (nSPS) is 13.4. The van der Waals surface area contributed by atoms with Crippen LogP contribution in [0.2, 0.25) is 0 Å². The Kier molecular flexibility index (Phi) is 10.9. The summed E-state index contributed by atoms with van der Waals surface area (Å²) >= 11 is 0. The van der Waals surface area contributed by atoms with Crippen LogP contribution in [0.3, 0.4) is 0 Å². The summed E-state index contributed by atoms with van der Waals surface area (Å²) in [6.45, 7) is 2.87. The van der Waals surface area contributed by atoms with Gasteiger partial charge in [-0.05, 0) is 12.0 Å². The molecule has 0 saturated carbocycles. The molecule has 1 aromatic heterocycles. The molecule has 0 spiro atoms. The van der Waals surface area contributed by atoms with Gasteiger partial charge in [0.15, 0.2) is 26.1 Å². The standard InChI is InChI=1S/C17H23N3O.C2F6NO4S2/c1-3-4-10-18-17(21)16(20-12-11-19(2)14-20)13-15-8-6-5-7-9-15;3-1(4,5)14(10,11)9-15(12,13)2(6,7)8/h5-9,11-12,14,16H,3-4,10,13H2,1-2H3;/q;-1/p+1/t16-;/m0./s1. The fourth-order valence-corrected chi connectivity index (χ4v) is 4.25. The first-order chi connectivity index (χ1) is 16.4. The minimum atomic E-state index is -6.72. The molecule has 1 aromatic carbocycles. The highest BCUT2D eigenvalue weighted by atomic mass is 32.3. The van der Waals surface area contributed by atoms with Crippen molar-refractivity contribution in [2.75, 3.05) is 6.54 Å². The minimum Gasteiger partial charge on any atom is -0.421 e. The van der Waals surface area contributed by atoms with Crippen molar-refractivity contribution in [3.05, 3.63) is 58.7 Å². The molecule has 1 heterocycles. The molecule has 204 valence electrons. The second kappa shape index (κ2) is 12.5. The van der Waals surface area contributed by atoms with Crippen molar-refractivity contribution >= 4 is 26.0 Å². The van der Waals surface area contributed by atoms with Gasteiger partial charge in [0.25, 0.3) is 5.91 Å². The van der Waals surface area contributed by atoms with Crippen molar-refractivity contribution in [3.63, 3.8) is 0 Å². The number of rotatable bonds is 9. The topological polar surface area (TPSA) is 120 Å². The minimum absolute atomic E-state index is 0.0866. The first-order valence-electron chi connectivity index (χ1n) is 10.1. The number of unbranched alkanes of at least 4 members (excludes halogenated alkanes) is 1. The number of carbonyl (C=O) groups is 1. The number of amides is 1. The van der Waals surface area contributed by atoms with Crippen molar-refractivity contribution < 1.29 is 52.5 Å². The van der Waals surface area contributed by atoms with Crippen LogP contribution in [0.1, 0.15) is 31.4 Å². The second-order valence-corrected chi connectivity index (χ2v) is 10.7. The molecule has 0 radical (unpaired) electrons. The monoisotopic (exact) mass is 566 g/mol. The largest absolute Gasteiger partial charge is 0.480 e. The highest BCUT2D eigenvalue weighted by Gasteiger charge is 2.46. The van der Waals surface area contributed by atoms with E-state index in [1.54, 1.807) is 0 Å². The number of hydrogen-bond acceptors (Lipinski definition) is 5. The summed E-state index contributed by atoms with van der Waals surface area (Å²) in [5.74, 6) is 0.0866. The average Bonchev–Trinajstić information content (AvgIpc) is 3.17. The lowest BCUT2D eigenvalue weighted by Gasteiger charge is -2.22. The lowest BCUT2D eigenvalue weighted by atomic mass is 10.1. The van der Waals surface area contributed by atoms with Crippen LogP contribution in [0.4, 0.5) is 26.3 Å².